The monoisotopic (exact) mass is 305 g/mol. The fourth-order valence-corrected chi connectivity index (χ4v) is 2.84. The van der Waals surface area contributed by atoms with Crippen LogP contribution in [0.3, 0.4) is 0 Å². The zero-order valence-electron chi connectivity index (χ0n) is 11.7. The van der Waals surface area contributed by atoms with Crippen molar-refractivity contribution in [2.75, 3.05) is 12.4 Å². The van der Waals surface area contributed by atoms with Crippen molar-refractivity contribution in [2.24, 2.45) is 5.92 Å². The number of methoxy groups -OCH3 is 1. The number of halogens is 1. The molecule has 5 nitrogen and oxygen atoms in total. The fraction of sp³-hybridized carbons (Fsp3) is 0.333. The van der Waals surface area contributed by atoms with E-state index in [0.29, 0.717) is 16.5 Å². The van der Waals surface area contributed by atoms with Crippen molar-refractivity contribution in [3.8, 4) is 5.75 Å². The van der Waals surface area contributed by atoms with E-state index in [4.69, 9.17) is 16.3 Å². The summed E-state index contributed by atoms with van der Waals surface area (Å²) in [5.41, 5.74) is 1.79. The smallest absolute Gasteiger partial charge is 0.227 e. The third-order valence-electron chi connectivity index (χ3n) is 3.76. The summed E-state index contributed by atoms with van der Waals surface area (Å²) in [5.74, 6) is 0.579. The number of hydrogen-bond acceptors (Lipinski definition) is 3. The molecule has 1 aliphatic heterocycles. The van der Waals surface area contributed by atoms with Crippen LogP contribution in [0.5, 0.6) is 5.75 Å². The number of amides is 1. The van der Waals surface area contributed by atoms with Gasteiger partial charge in [-0.3, -0.25) is 4.79 Å². The molecule has 1 unspecified atom stereocenters. The highest BCUT2D eigenvalue weighted by Crippen LogP contribution is 2.28. The van der Waals surface area contributed by atoms with Crippen LogP contribution in [0.25, 0.3) is 0 Å². The topological polar surface area (TPSA) is 56.1 Å². The van der Waals surface area contributed by atoms with Gasteiger partial charge in [0.05, 0.1) is 18.5 Å². The Kier molecular flexibility index (Phi) is 3.84. The summed E-state index contributed by atoms with van der Waals surface area (Å²) in [5, 5.41) is 3.40. The number of nitrogens with one attached hydrogen (secondary N) is 1. The van der Waals surface area contributed by atoms with Crippen molar-refractivity contribution in [3.63, 3.8) is 0 Å². The molecule has 1 N–H and O–H groups in total. The zero-order valence-corrected chi connectivity index (χ0v) is 12.4. The first kappa shape index (κ1) is 13.9. The second-order valence-corrected chi connectivity index (χ2v) is 5.51. The molecule has 1 aromatic carbocycles. The van der Waals surface area contributed by atoms with Crippen LogP contribution in [0.4, 0.5) is 5.69 Å². The lowest BCUT2D eigenvalue weighted by Crippen LogP contribution is -2.29. The highest BCUT2D eigenvalue weighted by atomic mass is 35.5. The van der Waals surface area contributed by atoms with E-state index < -0.39 is 0 Å². The Morgan fingerprint density at radius 1 is 1.52 bits per heavy atom. The molecular weight excluding hydrogens is 290 g/mol. The Labute approximate surface area is 127 Å². The predicted octanol–water partition coefficient (Wildman–Crippen LogP) is 2.75. The van der Waals surface area contributed by atoms with E-state index >= 15 is 0 Å². The number of carbonyl (C=O) groups is 1. The van der Waals surface area contributed by atoms with E-state index in [1.807, 2.05) is 12.5 Å². The second kappa shape index (κ2) is 5.77. The fourth-order valence-electron chi connectivity index (χ4n) is 2.58. The lowest BCUT2D eigenvalue weighted by molar-refractivity contribution is -0.120. The first-order valence-corrected chi connectivity index (χ1v) is 7.18. The Balaban J connectivity index is 1.68. The maximum absolute atomic E-state index is 12.3. The molecule has 2 aromatic rings. The third kappa shape index (κ3) is 2.88. The summed E-state index contributed by atoms with van der Waals surface area (Å²) < 4.78 is 7.19. The number of anilines is 1. The molecule has 0 spiro atoms. The first-order chi connectivity index (χ1) is 10.2. The largest absolute Gasteiger partial charge is 0.495 e. The van der Waals surface area contributed by atoms with Crippen molar-refractivity contribution in [2.45, 2.75) is 19.4 Å². The molecule has 0 fully saturated rings. The van der Waals surface area contributed by atoms with Gasteiger partial charge in [-0.1, -0.05) is 11.6 Å². The highest BCUT2D eigenvalue weighted by Gasteiger charge is 2.24. The molecule has 1 aromatic heterocycles. The van der Waals surface area contributed by atoms with Gasteiger partial charge in [0, 0.05) is 36.5 Å². The molecule has 0 aliphatic carbocycles. The van der Waals surface area contributed by atoms with Gasteiger partial charge >= 0.3 is 0 Å². The van der Waals surface area contributed by atoms with Crippen LogP contribution in [-0.4, -0.2) is 22.6 Å². The molecule has 110 valence electrons. The van der Waals surface area contributed by atoms with Crippen LogP contribution in [0.15, 0.2) is 30.7 Å². The summed E-state index contributed by atoms with van der Waals surface area (Å²) in [4.78, 5) is 16.5. The van der Waals surface area contributed by atoms with Crippen LogP contribution in [0, 0.1) is 5.92 Å². The van der Waals surface area contributed by atoms with Crippen molar-refractivity contribution >= 4 is 23.2 Å². The minimum atomic E-state index is -0.0323. The maximum atomic E-state index is 12.3. The van der Waals surface area contributed by atoms with Crippen molar-refractivity contribution < 1.29 is 9.53 Å². The van der Waals surface area contributed by atoms with Gasteiger partial charge in [0.1, 0.15) is 5.75 Å². The van der Waals surface area contributed by atoms with Crippen LogP contribution < -0.4 is 10.1 Å². The van der Waals surface area contributed by atoms with Gasteiger partial charge in [0.2, 0.25) is 5.91 Å². The molecule has 1 amide bonds. The molecule has 1 aliphatic rings. The molecule has 0 bridgehead atoms. The normalized spacial score (nSPS) is 17.1. The van der Waals surface area contributed by atoms with Gasteiger partial charge in [0.15, 0.2) is 0 Å². The number of fused-ring (bicyclic) bond motifs is 1. The summed E-state index contributed by atoms with van der Waals surface area (Å²) in [7, 11) is 1.56. The standard InChI is InChI=1S/C15H16ClN3O2/c1-21-14-3-2-11(7-13(14)16)18-15(20)10-4-5-19-9-17-8-12(19)6-10/h2-3,7-10H,4-6H2,1H3,(H,18,20). The molecular formula is C15H16ClN3O2. The number of ether oxygens (including phenoxy) is 1. The molecule has 2 heterocycles. The molecule has 6 heteroatoms. The van der Waals surface area contributed by atoms with Crippen LogP contribution in [-0.2, 0) is 17.8 Å². The van der Waals surface area contributed by atoms with Gasteiger partial charge in [-0.15, -0.1) is 0 Å². The van der Waals surface area contributed by atoms with E-state index in [1.54, 1.807) is 25.3 Å². The van der Waals surface area contributed by atoms with E-state index in [9.17, 15) is 4.79 Å². The molecule has 21 heavy (non-hydrogen) atoms. The van der Waals surface area contributed by atoms with Crippen molar-refractivity contribution in [3.05, 3.63) is 41.4 Å². The lowest BCUT2D eigenvalue weighted by Gasteiger charge is -2.23. The quantitative estimate of drug-likeness (QED) is 0.948. The molecule has 1 atom stereocenters. The van der Waals surface area contributed by atoms with Gasteiger partial charge in [-0.25, -0.2) is 4.98 Å². The van der Waals surface area contributed by atoms with E-state index in [2.05, 4.69) is 14.9 Å². The van der Waals surface area contributed by atoms with Gasteiger partial charge in [-0.05, 0) is 24.6 Å². The number of benzene rings is 1. The SMILES string of the molecule is COc1ccc(NC(=O)C2CCn3cncc3C2)cc1Cl. The average Bonchev–Trinajstić information content (AvgIpc) is 2.94. The second-order valence-electron chi connectivity index (χ2n) is 5.11. The van der Waals surface area contributed by atoms with Gasteiger partial charge in [0.25, 0.3) is 0 Å². The Hall–Kier alpha value is -2.01. The van der Waals surface area contributed by atoms with Gasteiger partial charge in [-0.2, -0.15) is 0 Å². The first-order valence-electron chi connectivity index (χ1n) is 6.81. The summed E-state index contributed by atoms with van der Waals surface area (Å²) in [6.45, 7) is 0.830. The third-order valence-corrected chi connectivity index (χ3v) is 4.06. The van der Waals surface area contributed by atoms with E-state index in [0.717, 1.165) is 25.1 Å². The summed E-state index contributed by atoms with van der Waals surface area (Å²) in [6.07, 6.45) is 5.17. The lowest BCUT2D eigenvalue weighted by atomic mass is 9.95. The zero-order chi connectivity index (χ0) is 14.8. The van der Waals surface area contributed by atoms with Crippen LogP contribution in [0.2, 0.25) is 5.02 Å². The number of imidazole rings is 1. The van der Waals surface area contributed by atoms with Gasteiger partial charge < -0.3 is 14.6 Å². The molecule has 0 saturated carbocycles. The Morgan fingerprint density at radius 2 is 2.38 bits per heavy atom. The summed E-state index contributed by atoms with van der Waals surface area (Å²) >= 11 is 6.06. The number of aryl methyl sites for hydroxylation is 1. The molecule has 0 saturated heterocycles. The Morgan fingerprint density at radius 3 is 3.14 bits per heavy atom. The van der Waals surface area contributed by atoms with E-state index in [1.165, 1.54) is 0 Å². The van der Waals surface area contributed by atoms with E-state index in [-0.39, 0.29) is 11.8 Å². The van der Waals surface area contributed by atoms with Crippen molar-refractivity contribution in [1.29, 1.82) is 0 Å². The van der Waals surface area contributed by atoms with Crippen molar-refractivity contribution in [1.82, 2.24) is 9.55 Å². The number of carbonyl (C=O) groups excluding carboxylic acids is 1. The molecule has 0 radical (unpaired) electrons. The number of nitrogens with zero attached hydrogens (tertiary/aromatic N) is 2. The summed E-state index contributed by atoms with van der Waals surface area (Å²) in [6, 6.07) is 5.23. The number of aromatic nitrogens is 2. The maximum Gasteiger partial charge on any atom is 0.227 e. The number of hydrogen-bond donors (Lipinski definition) is 1. The molecule has 3 rings (SSSR count). The predicted molar refractivity (Wildman–Crippen MR) is 80.7 cm³/mol. The van der Waals surface area contributed by atoms with Crippen LogP contribution >= 0.6 is 11.6 Å². The average molecular weight is 306 g/mol. The minimum Gasteiger partial charge on any atom is -0.495 e. The number of rotatable bonds is 3. The Bertz CT molecular complexity index is 669. The van der Waals surface area contributed by atoms with Crippen LogP contribution in [0.1, 0.15) is 12.1 Å². The minimum absolute atomic E-state index is 0.0173. The highest BCUT2D eigenvalue weighted by molar-refractivity contribution is 6.32.